The van der Waals surface area contributed by atoms with E-state index < -0.39 is 0 Å². The molecule has 1 aromatic carbocycles. The smallest absolute Gasteiger partial charge is 0.191 e. The minimum absolute atomic E-state index is 0.311. The topological polar surface area (TPSA) is 56.7 Å². The number of hydrogen-bond donors (Lipinski definition) is 3. The molecule has 112 valence electrons. The first-order valence-electron chi connectivity index (χ1n) is 7.10. The van der Waals surface area contributed by atoms with Gasteiger partial charge in [0.2, 0.25) is 0 Å². The van der Waals surface area contributed by atoms with Crippen LogP contribution in [0.2, 0.25) is 0 Å². The molecule has 4 nitrogen and oxygen atoms in total. The van der Waals surface area contributed by atoms with Crippen molar-refractivity contribution < 1.29 is 5.11 Å². The van der Waals surface area contributed by atoms with E-state index in [1.54, 1.807) is 23.5 Å². The molecular formula is C16H21N3OS. The molecule has 5 heteroatoms. The Kier molecular flexibility index (Phi) is 6.09. The maximum atomic E-state index is 9.44. The number of aromatic hydroxyl groups is 1. The number of phenols is 1. The van der Waals surface area contributed by atoms with E-state index in [1.807, 2.05) is 18.2 Å². The van der Waals surface area contributed by atoms with Crippen LogP contribution in [0.15, 0.2) is 46.8 Å². The molecule has 0 aliphatic heterocycles. The van der Waals surface area contributed by atoms with Gasteiger partial charge in [-0.1, -0.05) is 18.2 Å². The first-order valence-corrected chi connectivity index (χ1v) is 7.98. The van der Waals surface area contributed by atoms with E-state index >= 15 is 0 Å². The first-order chi connectivity index (χ1) is 10.3. The zero-order valence-corrected chi connectivity index (χ0v) is 13.0. The van der Waals surface area contributed by atoms with Crippen molar-refractivity contribution in [2.45, 2.75) is 19.9 Å². The average Bonchev–Trinajstić information content (AvgIpc) is 2.98. The number of guanidine groups is 1. The SMILES string of the molecule is CCNC(=NCc1cccs1)NCCc1cccc(O)c1. The second-order valence-corrected chi connectivity index (χ2v) is 5.65. The quantitative estimate of drug-likeness (QED) is 0.568. The second kappa shape index (κ2) is 8.32. The molecule has 1 heterocycles. The molecule has 0 spiro atoms. The summed E-state index contributed by atoms with van der Waals surface area (Å²) in [6.45, 7) is 4.36. The summed E-state index contributed by atoms with van der Waals surface area (Å²) in [6, 6.07) is 11.5. The lowest BCUT2D eigenvalue weighted by Gasteiger charge is -2.11. The largest absolute Gasteiger partial charge is 0.508 e. The predicted octanol–water partition coefficient (Wildman–Crippen LogP) is 2.75. The van der Waals surface area contributed by atoms with Gasteiger partial charge in [-0.05, 0) is 42.5 Å². The monoisotopic (exact) mass is 303 g/mol. The summed E-state index contributed by atoms with van der Waals surface area (Å²) in [6.07, 6.45) is 0.845. The average molecular weight is 303 g/mol. The van der Waals surface area contributed by atoms with Gasteiger partial charge >= 0.3 is 0 Å². The van der Waals surface area contributed by atoms with E-state index in [1.165, 1.54) is 4.88 Å². The summed E-state index contributed by atoms with van der Waals surface area (Å²) in [5.74, 6) is 1.14. The molecule has 0 aliphatic carbocycles. The van der Waals surface area contributed by atoms with Crippen LogP contribution in [-0.4, -0.2) is 24.2 Å². The molecule has 0 fully saturated rings. The maximum Gasteiger partial charge on any atom is 0.191 e. The molecule has 1 aromatic heterocycles. The fourth-order valence-corrected chi connectivity index (χ4v) is 2.57. The molecule has 2 aromatic rings. The van der Waals surface area contributed by atoms with E-state index in [-0.39, 0.29) is 0 Å². The Morgan fingerprint density at radius 3 is 2.86 bits per heavy atom. The van der Waals surface area contributed by atoms with E-state index in [4.69, 9.17) is 0 Å². The van der Waals surface area contributed by atoms with Crippen LogP contribution >= 0.6 is 11.3 Å². The highest BCUT2D eigenvalue weighted by molar-refractivity contribution is 7.09. The number of aliphatic imine (C=N–C) groups is 1. The van der Waals surface area contributed by atoms with Gasteiger partial charge in [0, 0.05) is 18.0 Å². The molecule has 2 rings (SSSR count). The molecule has 0 saturated carbocycles. The lowest BCUT2D eigenvalue weighted by Crippen LogP contribution is -2.38. The number of phenolic OH excluding ortho intramolecular Hbond substituents is 1. The molecule has 0 unspecified atom stereocenters. The van der Waals surface area contributed by atoms with Crippen LogP contribution in [0.25, 0.3) is 0 Å². The van der Waals surface area contributed by atoms with E-state index in [2.05, 4.69) is 34.0 Å². The van der Waals surface area contributed by atoms with Gasteiger partial charge in [-0.3, -0.25) is 0 Å². The Balaban J connectivity index is 1.83. The van der Waals surface area contributed by atoms with Crippen molar-refractivity contribution in [2.24, 2.45) is 4.99 Å². The molecule has 0 atom stereocenters. The Morgan fingerprint density at radius 2 is 2.14 bits per heavy atom. The summed E-state index contributed by atoms with van der Waals surface area (Å²) >= 11 is 1.71. The Morgan fingerprint density at radius 1 is 1.24 bits per heavy atom. The van der Waals surface area contributed by atoms with Crippen LogP contribution in [-0.2, 0) is 13.0 Å². The molecular weight excluding hydrogens is 282 g/mol. The van der Waals surface area contributed by atoms with Crippen molar-refractivity contribution in [1.29, 1.82) is 0 Å². The minimum Gasteiger partial charge on any atom is -0.508 e. The van der Waals surface area contributed by atoms with Gasteiger partial charge in [-0.25, -0.2) is 4.99 Å². The van der Waals surface area contributed by atoms with Gasteiger partial charge in [0.25, 0.3) is 0 Å². The van der Waals surface area contributed by atoms with E-state index in [0.29, 0.717) is 12.3 Å². The third-order valence-corrected chi connectivity index (χ3v) is 3.80. The van der Waals surface area contributed by atoms with Gasteiger partial charge in [0.05, 0.1) is 6.54 Å². The normalized spacial score (nSPS) is 11.4. The Bertz CT molecular complexity index is 567. The highest BCUT2D eigenvalue weighted by Gasteiger charge is 1.99. The standard InChI is InChI=1S/C16H21N3OS/c1-2-17-16(19-12-15-7-4-10-21-15)18-9-8-13-5-3-6-14(20)11-13/h3-7,10-11,20H,2,8-9,12H2,1H3,(H2,17,18,19). The summed E-state index contributed by atoms with van der Waals surface area (Å²) < 4.78 is 0. The van der Waals surface area contributed by atoms with Gasteiger partial charge in [-0.15, -0.1) is 11.3 Å². The van der Waals surface area contributed by atoms with Crippen molar-refractivity contribution in [3.63, 3.8) is 0 Å². The van der Waals surface area contributed by atoms with Crippen molar-refractivity contribution >= 4 is 17.3 Å². The highest BCUT2D eigenvalue weighted by Crippen LogP contribution is 2.11. The minimum atomic E-state index is 0.311. The van der Waals surface area contributed by atoms with Gasteiger partial charge < -0.3 is 15.7 Å². The zero-order valence-electron chi connectivity index (χ0n) is 12.2. The third-order valence-electron chi connectivity index (χ3n) is 2.93. The lowest BCUT2D eigenvalue weighted by molar-refractivity contribution is 0.474. The molecule has 0 amide bonds. The van der Waals surface area contributed by atoms with Crippen LogP contribution in [0.1, 0.15) is 17.4 Å². The number of nitrogens with zero attached hydrogens (tertiary/aromatic N) is 1. The number of nitrogens with one attached hydrogen (secondary N) is 2. The number of rotatable bonds is 6. The first kappa shape index (κ1) is 15.4. The van der Waals surface area contributed by atoms with Crippen molar-refractivity contribution in [3.05, 3.63) is 52.2 Å². The van der Waals surface area contributed by atoms with E-state index in [0.717, 1.165) is 31.0 Å². The zero-order chi connectivity index (χ0) is 14.9. The molecule has 3 N–H and O–H groups in total. The molecule has 21 heavy (non-hydrogen) atoms. The fraction of sp³-hybridized carbons (Fsp3) is 0.312. The predicted molar refractivity (Wildman–Crippen MR) is 88.9 cm³/mol. The van der Waals surface area contributed by atoms with Crippen LogP contribution in [0, 0.1) is 0 Å². The summed E-state index contributed by atoms with van der Waals surface area (Å²) in [4.78, 5) is 5.81. The molecule has 0 saturated heterocycles. The van der Waals surface area contributed by atoms with Crippen molar-refractivity contribution in [2.75, 3.05) is 13.1 Å². The number of thiophene rings is 1. The van der Waals surface area contributed by atoms with Gasteiger partial charge in [-0.2, -0.15) is 0 Å². The molecule has 0 bridgehead atoms. The van der Waals surface area contributed by atoms with Crippen molar-refractivity contribution in [3.8, 4) is 5.75 Å². The van der Waals surface area contributed by atoms with Crippen LogP contribution in [0.5, 0.6) is 5.75 Å². The van der Waals surface area contributed by atoms with Crippen LogP contribution in [0.4, 0.5) is 0 Å². The lowest BCUT2D eigenvalue weighted by atomic mass is 10.1. The van der Waals surface area contributed by atoms with Crippen LogP contribution in [0.3, 0.4) is 0 Å². The third kappa shape index (κ3) is 5.47. The van der Waals surface area contributed by atoms with Crippen LogP contribution < -0.4 is 10.6 Å². The van der Waals surface area contributed by atoms with Gasteiger partial charge in [0.15, 0.2) is 5.96 Å². The van der Waals surface area contributed by atoms with Gasteiger partial charge in [0.1, 0.15) is 5.75 Å². The summed E-state index contributed by atoms with van der Waals surface area (Å²) in [5.41, 5.74) is 1.11. The van der Waals surface area contributed by atoms with E-state index in [9.17, 15) is 5.11 Å². The second-order valence-electron chi connectivity index (χ2n) is 4.62. The maximum absolute atomic E-state index is 9.44. The summed E-state index contributed by atoms with van der Waals surface area (Å²) in [7, 11) is 0. The van der Waals surface area contributed by atoms with Crippen molar-refractivity contribution in [1.82, 2.24) is 10.6 Å². The Labute approximate surface area is 129 Å². The Hall–Kier alpha value is -2.01. The fourth-order valence-electron chi connectivity index (χ4n) is 1.94. The highest BCUT2D eigenvalue weighted by atomic mass is 32.1. The molecule has 0 aliphatic rings. The molecule has 0 radical (unpaired) electrons. The number of benzene rings is 1. The number of hydrogen-bond acceptors (Lipinski definition) is 3. The summed E-state index contributed by atoms with van der Waals surface area (Å²) in [5, 5.41) is 18.1.